The number of aliphatic hydroxyl groups is 1. The molecule has 1 aliphatic rings. The van der Waals surface area contributed by atoms with E-state index >= 15 is 0 Å². The van der Waals surface area contributed by atoms with Crippen LogP contribution in [-0.4, -0.2) is 29.0 Å². The SMILES string of the molecule is CCC(C)(C)C(=O)OC1CCC(O)(C(F)(F)F)C1. The lowest BCUT2D eigenvalue weighted by molar-refractivity contribution is -0.259. The Morgan fingerprint density at radius 1 is 1.44 bits per heavy atom. The third kappa shape index (κ3) is 2.96. The van der Waals surface area contributed by atoms with Crippen molar-refractivity contribution in [2.24, 2.45) is 5.41 Å². The number of hydrogen-bond acceptors (Lipinski definition) is 3. The molecule has 106 valence electrons. The summed E-state index contributed by atoms with van der Waals surface area (Å²) in [6.45, 7) is 5.17. The Kier molecular flexibility index (Phi) is 4.00. The normalized spacial score (nSPS) is 29.4. The van der Waals surface area contributed by atoms with Gasteiger partial charge in [-0.05, 0) is 33.1 Å². The van der Waals surface area contributed by atoms with Gasteiger partial charge in [0.05, 0.1) is 5.41 Å². The van der Waals surface area contributed by atoms with Crippen LogP contribution in [0.2, 0.25) is 0 Å². The van der Waals surface area contributed by atoms with Crippen molar-refractivity contribution in [2.45, 2.75) is 64.3 Å². The lowest BCUT2D eigenvalue weighted by atomic mass is 9.90. The molecule has 0 aromatic rings. The molecule has 0 bridgehead atoms. The zero-order valence-electron chi connectivity index (χ0n) is 10.8. The summed E-state index contributed by atoms with van der Waals surface area (Å²) in [7, 11) is 0. The Balaban J connectivity index is 2.62. The van der Waals surface area contributed by atoms with Gasteiger partial charge < -0.3 is 9.84 Å². The highest BCUT2D eigenvalue weighted by molar-refractivity contribution is 5.76. The van der Waals surface area contributed by atoms with Crippen molar-refractivity contribution < 1.29 is 27.8 Å². The molecule has 18 heavy (non-hydrogen) atoms. The van der Waals surface area contributed by atoms with Gasteiger partial charge in [-0.15, -0.1) is 0 Å². The van der Waals surface area contributed by atoms with Crippen LogP contribution in [-0.2, 0) is 9.53 Å². The Morgan fingerprint density at radius 3 is 2.39 bits per heavy atom. The highest BCUT2D eigenvalue weighted by Crippen LogP contribution is 2.44. The molecule has 3 nitrogen and oxygen atoms in total. The molecule has 0 aromatic heterocycles. The maximum absolute atomic E-state index is 12.6. The van der Waals surface area contributed by atoms with Gasteiger partial charge in [0, 0.05) is 6.42 Å². The monoisotopic (exact) mass is 268 g/mol. The van der Waals surface area contributed by atoms with E-state index in [1.165, 1.54) is 0 Å². The van der Waals surface area contributed by atoms with E-state index in [9.17, 15) is 23.1 Å². The van der Waals surface area contributed by atoms with Gasteiger partial charge in [0.1, 0.15) is 6.10 Å². The summed E-state index contributed by atoms with van der Waals surface area (Å²) in [5.41, 5.74) is -3.42. The topological polar surface area (TPSA) is 46.5 Å². The van der Waals surface area contributed by atoms with Crippen LogP contribution >= 0.6 is 0 Å². The van der Waals surface area contributed by atoms with Crippen LogP contribution in [0.3, 0.4) is 0 Å². The van der Waals surface area contributed by atoms with Crippen molar-refractivity contribution >= 4 is 5.97 Å². The maximum atomic E-state index is 12.6. The second-order valence-corrected chi connectivity index (χ2v) is 5.54. The molecule has 2 atom stereocenters. The zero-order valence-corrected chi connectivity index (χ0v) is 10.8. The van der Waals surface area contributed by atoms with Crippen molar-refractivity contribution in [3.8, 4) is 0 Å². The van der Waals surface area contributed by atoms with Crippen LogP contribution in [0.25, 0.3) is 0 Å². The molecule has 0 spiro atoms. The summed E-state index contributed by atoms with van der Waals surface area (Å²) in [5, 5.41) is 9.45. The maximum Gasteiger partial charge on any atom is 0.417 e. The fraction of sp³-hybridized carbons (Fsp3) is 0.917. The Labute approximate surface area is 104 Å². The molecule has 1 rings (SSSR count). The molecule has 0 amide bonds. The van der Waals surface area contributed by atoms with E-state index in [0.717, 1.165) is 0 Å². The minimum atomic E-state index is -4.67. The standard InChI is InChI=1S/C12H19F3O3/c1-4-10(2,3)9(16)18-8-5-6-11(17,7-8)12(13,14)15/h8,17H,4-7H2,1-3H3. The summed E-state index contributed by atoms with van der Waals surface area (Å²) < 4.78 is 42.8. The average molecular weight is 268 g/mol. The van der Waals surface area contributed by atoms with Crippen LogP contribution in [0.1, 0.15) is 46.5 Å². The minimum Gasteiger partial charge on any atom is -0.462 e. The molecule has 1 aliphatic carbocycles. The summed E-state index contributed by atoms with van der Waals surface area (Å²) in [6.07, 6.45) is -5.92. The van der Waals surface area contributed by atoms with Gasteiger partial charge in [-0.25, -0.2) is 0 Å². The zero-order chi connectivity index (χ0) is 14.2. The first-order valence-corrected chi connectivity index (χ1v) is 6.02. The van der Waals surface area contributed by atoms with Gasteiger partial charge in [0.25, 0.3) is 0 Å². The Bertz CT molecular complexity index is 325. The van der Waals surface area contributed by atoms with Crippen LogP contribution in [0.5, 0.6) is 0 Å². The van der Waals surface area contributed by atoms with E-state index in [1.807, 2.05) is 6.92 Å². The van der Waals surface area contributed by atoms with Crippen LogP contribution in [0.15, 0.2) is 0 Å². The van der Waals surface area contributed by atoms with E-state index < -0.39 is 42.1 Å². The third-order valence-corrected chi connectivity index (χ3v) is 3.68. The molecule has 0 aromatic carbocycles. The van der Waals surface area contributed by atoms with Gasteiger partial charge in [-0.1, -0.05) is 6.92 Å². The van der Waals surface area contributed by atoms with Gasteiger partial charge in [0.15, 0.2) is 5.60 Å². The Hall–Kier alpha value is -0.780. The van der Waals surface area contributed by atoms with Crippen LogP contribution < -0.4 is 0 Å². The van der Waals surface area contributed by atoms with E-state index in [0.29, 0.717) is 6.42 Å². The predicted octanol–water partition coefficient (Wildman–Crippen LogP) is 2.81. The van der Waals surface area contributed by atoms with Crippen molar-refractivity contribution in [1.29, 1.82) is 0 Å². The summed E-state index contributed by atoms with van der Waals surface area (Å²) in [5.74, 6) is -0.513. The molecular weight excluding hydrogens is 249 g/mol. The van der Waals surface area contributed by atoms with Crippen LogP contribution in [0.4, 0.5) is 13.2 Å². The van der Waals surface area contributed by atoms with Crippen molar-refractivity contribution in [2.75, 3.05) is 0 Å². The first kappa shape index (κ1) is 15.3. The first-order chi connectivity index (χ1) is 8.02. The number of esters is 1. The number of ether oxygens (including phenoxy) is 1. The fourth-order valence-corrected chi connectivity index (χ4v) is 1.79. The molecule has 2 unspecified atom stereocenters. The molecule has 1 fully saturated rings. The molecule has 0 radical (unpaired) electrons. The number of rotatable bonds is 3. The number of carbonyl (C=O) groups excluding carboxylic acids is 1. The van der Waals surface area contributed by atoms with Gasteiger partial charge in [-0.2, -0.15) is 13.2 Å². The summed E-state index contributed by atoms with van der Waals surface area (Å²) >= 11 is 0. The van der Waals surface area contributed by atoms with Gasteiger partial charge in [-0.3, -0.25) is 4.79 Å². The molecule has 1 saturated carbocycles. The minimum absolute atomic E-state index is 0.0432. The van der Waals surface area contributed by atoms with E-state index in [4.69, 9.17) is 4.74 Å². The van der Waals surface area contributed by atoms with Crippen molar-refractivity contribution in [3.05, 3.63) is 0 Å². The number of carbonyl (C=O) groups is 1. The predicted molar refractivity (Wildman–Crippen MR) is 58.8 cm³/mol. The fourth-order valence-electron chi connectivity index (χ4n) is 1.79. The first-order valence-electron chi connectivity index (χ1n) is 6.02. The third-order valence-electron chi connectivity index (χ3n) is 3.68. The molecule has 1 N–H and O–H groups in total. The Morgan fingerprint density at radius 2 is 2.00 bits per heavy atom. The highest BCUT2D eigenvalue weighted by Gasteiger charge is 2.58. The van der Waals surface area contributed by atoms with Crippen molar-refractivity contribution in [3.63, 3.8) is 0 Å². The molecule has 0 heterocycles. The number of hydrogen-bond donors (Lipinski definition) is 1. The van der Waals surface area contributed by atoms with Crippen LogP contribution in [0, 0.1) is 5.41 Å². The highest BCUT2D eigenvalue weighted by atomic mass is 19.4. The lowest BCUT2D eigenvalue weighted by Crippen LogP contribution is -2.43. The largest absolute Gasteiger partial charge is 0.462 e. The van der Waals surface area contributed by atoms with E-state index in [1.54, 1.807) is 13.8 Å². The van der Waals surface area contributed by atoms with E-state index in [-0.39, 0.29) is 6.42 Å². The van der Waals surface area contributed by atoms with Gasteiger partial charge in [0.2, 0.25) is 0 Å². The van der Waals surface area contributed by atoms with E-state index in [2.05, 4.69) is 0 Å². The molecular formula is C12H19F3O3. The molecule has 0 saturated heterocycles. The van der Waals surface area contributed by atoms with Gasteiger partial charge >= 0.3 is 12.1 Å². The smallest absolute Gasteiger partial charge is 0.417 e. The summed E-state index contributed by atoms with van der Waals surface area (Å²) in [4.78, 5) is 11.7. The number of halogens is 3. The molecule has 0 aliphatic heterocycles. The quantitative estimate of drug-likeness (QED) is 0.801. The van der Waals surface area contributed by atoms with Crippen molar-refractivity contribution in [1.82, 2.24) is 0 Å². The lowest BCUT2D eigenvalue weighted by Gasteiger charge is -2.26. The second-order valence-electron chi connectivity index (χ2n) is 5.54. The summed E-state index contributed by atoms with van der Waals surface area (Å²) in [6, 6.07) is 0. The second kappa shape index (κ2) is 4.72. The molecule has 6 heteroatoms. The average Bonchev–Trinajstić information content (AvgIpc) is 2.60. The number of alkyl halides is 3.